The average Bonchev–Trinajstić information content (AvgIpc) is 3.47. The van der Waals surface area contributed by atoms with E-state index in [-0.39, 0.29) is 24.2 Å². The zero-order valence-corrected chi connectivity index (χ0v) is 17.3. The number of hydrogen-bond acceptors (Lipinski definition) is 9. The van der Waals surface area contributed by atoms with E-state index in [1.54, 1.807) is 35.2 Å². The summed E-state index contributed by atoms with van der Waals surface area (Å²) in [6.07, 6.45) is 0.673. The highest BCUT2D eigenvalue weighted by atomic mass is 16.8. The van der Waals surface area contributed by atoms with E-state index in [0.29, 0.717) is 22.3 Å². The first-order chi connectivity index (χ1) is 15.3. The quantitative estimate of drug-likeness (QED) is 0.599. The van der Waals surface area contributed by atoms with Crippen LogP contribution in [0.3, 0.4) is 0 Å². The average molecular weight is 436 g/mol. The minimum absolute atomic E-state index is 0.0349. The van der Waals surface area contributed by atoms with Gasteiger partial charge in [-0.1, -0.05) is 12.1 Å². The summed E-state index contributed by atoms with van der Waals surface area (Å²) in [7, 11) is 0. The van der Waals surface area contributed by atoms with Gasteiger partial charge in [-0.2, -0.15) is 0 Å². The molecule has 0 aliphatic carbocycles. The second kappa shape index (κ2) is 6.55. The number of imidazole rings is 1. The molecule has 5 heterocycles. The molecule has 2 amide bonds. The molecule has 4 atom stereocenters. The number of benzene rings is 1. The summed E-state index contributed by atoms with van der Waals surface area (Å²) >= 11 is 0. The van der Waals surface area contributed by atoms with Gasteiger partial charge in [0, 0.05) is 0 Å². The number of ether oxygens (including phenoxy) is 3. The molecule has 0 spiro atoms. The van der Waals surface area contributed by atoms with Crippen LogP contribution in [0.15, 0.2) is 36.9 Å². The van der Waals surface area contributed by atoms with E-state index in [1.165, 1.54) is 11.2 Å². The van der Waals surface area contributed by atoms with Crippen molar-refractivity contribution in [3.05, 3.63) is 48.0 Å². The van der Waals surface area contributed by atoms with Gasteiger partial charge in [-0.25, -0.2) is 15.0 Å². The molecule has 11 heteroatoms. The molecule has 2 N–H and O–H groups in total. The van der Waals surface area contributed by atoms with Gasteiger partial charge in [-0.15, -0.1) is 0 Å². The van der Waals surface area contributed by atoms with Crippen LogP contribution in [0, 0.1) is 0 Å². The summed E-state index contributed by atoms with van der Waals surface area (Å²) in [4.78, 5) is 39.5. The van der Waals surface area contributed by atoms with Gasteiger partial charge < -0.3 is 19.9 Å². The third-order valence-electron chi connectivity index (χ3n) is 6.03. The van der Waals surface area contributed by atoms with E-state index in [9.17, 15) is 9.59 Å². The first kappa shape index (κ1) is 19.3. The molecule has 2 saturated heterocycles. The maximum absolute atomic E-state index is 12.9. The van der Waals surface area contributed by atoms with Gasteiger partial charge in [-0.3, -0.25) is 19.1 Å². The Morgan fingerprint density at radius 2 is 1.72 bits per heavy atom. The Morgan fingerprint density at radius 3 is 2.44 bits per heavy atom. The molecule has 0 saturated carbocycles. The Labute approximate surface area is 182 Å². The van der Waals surface area contributed by atoms with Crippen LogP contribution in [0.5, 0.6) is 0 Å². The van der Waals surface area contributed by atoms with Crippen molar-refractivity contribution in [3.63, 3.8) is 0 Å². The smallest absolute Gasteiger partial charge is 0.261 e. The lowest BCUT2D eigenvalue weighted by atomic mass is 10.1. The zero-order valence-electron chi connectivity index (χ0n) is 17.3. The van der Waals surface area contributed by atoms with Gasteiger partial charge >= 0.3 is 0 Å². The Kier molecular flexibility index (Phi) is 3.95. The number of fused-ring (bicyclic) bond motifs is 3. The van der Waals surface area contributed by atoms with Crippen LogP contribution in [0.2, 0.25) is 0 Å². The minimum atomic E-state index is -0.859. The lowest BCUT2D eigenvalue weighted by molar-refractivity contribution is -0.196. The number of nitrogens with zero attached hydrogens (tertiary/aromatic N) is 5. The number of nitrogens with two attached hydrogens (primary N) is 1. The number of aromatic nitrogens is 4. The predicted octanol–water partition coefficient (Wildman–Crippen LogP) is 1.12. The van der Waals surface area contributed by atoms with Crippen LogP contribution in [0.1, 0.15) is 40.8 Å². The fourth-order valence-corrected chi connectivity index (χ4v) is 4.67. The summed E-state index contributed by atoms with van der Waals surface area (Å²) < 4.78 is 20.3. The monoisotopic (exact) mass is 436 g/mol. The Balaban J connectivity index is 1.34. The van der Waals surface area contributed by atoms with Crippen molar-refractivity contribution in [1.82, 2.24) is 24.4 Å². The van der Waals surface area contributed by atoms with Crippen molar-refractivity contribution in [2.75, 3.05) is 12.3 Å². The van der Waals surface area contributed by atoms with Crippen molar-refractivity contribution in [2.24, 2.45) is 0 Å². The van der Waals surface area contributed by atoms with E-state index in [4.69, 9.17) is 19.9 Å². The molecular weight excluding hydrogens is 416 g/mol. The largest absolute Gasteiger partial charge is 0.382 e. The molecule has 164 valence electrons. The molecule has 32 heavy (non-hydrogen) atoms. The normalized spacial score (nSPS) is 28.5. The van der Waals surface area contributed by atoms with E-state index in [0.717, 1.165) is 0 Å². The number of nitrogen functional groups attached to an aromatic ring is 1. The van der Waals surface area contributed by atoms with E-state index >= 15 is 0 Å². The summed E-state index contributed by atoms with van der Waals surface area (Å²) in [5.41, 5.74) is 7.65. The lowest BCUT2D eigenvalue weighted by Crippen LogP contribution is -2.42. The van der Waals surface area contributed by atoms with Gasteiger partial charge in [0.05, 0.1) is 24.0 Å². The van der Waals surface area contributed by atoms with Crippen molar-refractivity contribution in [2.45, 2.75) is 44.2 Å². The summed E-state index contributed by atoms with van der Waals surface area (Å²) in [5, 5.41) is 0. The highest BCUT2D eigenvalue weighted by Gasteiger charge is 2.57. The Bertz CT molecular complexity index is 1240. The number of imide groups is 1. The highest BCUT2D eigenvalue weighted by molar-refractivity contribution is 6.21. The van der Waals surface area contributed by atoms with Crippen LogP contribution < -0.4 is 5.73 Å². The second-order valence-electron chi connectivity index (χ2n) is 8.48. The summed E-state index contributed by atoms with van der Waals surface area (Å²) in [6.45, 7) is 3.66. The van der Waals surface area contributed by atoms with Gasteiger partial charge in [-0.05, 0) is 26.0 Å². The number of carbonyl (C=O) groups excluding carboxylic acids is 2. The van der Waals surface area contributed by atoms with Crippen molar-refractivity contribution in [1.29, 1.82) is 0 Å². The summed E-state index contributed by atoms with van der Waals surface area (Å²) in [6, 6.07) is 6.77. The molecule has 11 nitrogen and oxygen atoms in total. The van der Waals surface area contributed by atoms with E-state index < -0.39 is 30.3 Å². The first-order valence-electron chi connectivity index (χ1n) is 10.2. The molecule has 2 aromatic heterocycles. The van der Waals surface area contributed by atoms with Crippen LogP contribution in [-0.4, -0.2) is 66.9 Å². The second-order valence-corrected chi connectivity index (χ2v) is 8.48. The molecule has 0 bridgehead atoms. The van der Waals surface area contributed by atoms with Crippen molar-refractivity contribution < 1.29 is 23.8 Å². The minimum Gasteiger partial charge on any atom is -0.382 e. The SMILES string of the molecule is CC1(C)O[C@H]2[C@H](O1)[C@@H](CN1C(=O)c3ccccc3C1=O)O[C@H]2n1cnc2c(N)ncnc21. The molecule has 3 aromatic rings. The third kappa shape index (κ3) is 2.68. The van der Waals surface area contributed by atoms with E-state index in [1.807, 2.05) is 13.8 Å². The number of anilines is 1. The molecule has 0 radical (unpaired) electrons. The zero-order chi connectivity index (χ0) is 22.2. The summed E-state index contributed by atoms with van der Waals surface area (Å²) in [5.74, 6) is -1.29. The third-order valence-corrected chi connectivity index (χ3v) is 6.03. The predicted molar refractivity (Wildman–Crippen MR) is 109 cm³/mol. The molecule has 3 aliphatic rings. The molecule has 3 aliphatic heterocycles. The van der Waals surface area contributed by atoms with Gasteiger partial charge in [0.25, 0.3) is 11.8 Å². The number of rotatable bonds is 3. The van der Waals surface area contributed by atoms with Crippen LogP contribution in [-0.2, 0) is 14.2 Å². The lowest BCUT2D eigenvalue weighted by Gasteiger charge is -2.26. The van der Waals surface area contributed by atoms with Crippen LogP contribution in [0.4, 0.5) is 5.82 Å². The molecule has 1 aromatic carbocycles. The van der Waals surface area contributed by atoms with Crippen molar-refractivity contribution >= 4 is 28.8 Å². The molecular formula is C21H20N6O5. The standard InChI is InChI=1S/C21H20N6O5/c1-21(2)31-14-12(7-26-18(28)10-5-3-4-6-11(10)19(26)29)30-20(15(14)32-21)27-9-25-13-16(22)23-8-24-17(13)27/h3-6,8-9,12,14-15,20H,7H2,1-2H3,(H2,22,23,24)/t12-,14-,15+,20-/m1/s1. The van der Waals surface area contributed by atoms with Crippen LogP contribution >= 0.6 is 0 Å². The van der Waals surface area contributed by atoms with Gasteiger partial charge in [0.2, 0.25) is 0 Å². The topological polar surface area (TPSA) is 135 Å². The fourth-order valence-electron chi connectivity index (χ4n) is 4.67. The Hall–Kier alpha value is -3.41. The van der Waals surface area contributed by atoms with E-state index in [2.05, 4.69) is 15.0 Å². The molecule has 6 rings (SSSR count). The maximum Gasteiger partial charge on any atom is 0.261 e. The highest BCUT2D eigenvalue weighted by Crippen LogP contribution is 2.44. The number of carbonyl (C=O) groups is 2. The fraction of sp³-hybridized carbons (Fsp3) is 0.381. The first-order valence-corrected chi connectivity index (χ1v) is 10.2. The van der Waals surface area contributed by atoms with Gasteiger partial charge in [0.15, 0.2) is 23.5 Å². The van der Waals surface area contributed by atoms with Crippen LogP contribution in [0.25, 0.3) is 11.2 Å². The number of amides is 2. The van der Waals surface area contributed by atoms with Crippen molar-refractivity contribution in [3.8, 4) is 0 Å². The Morgan fingerprint density at radius 1 is 1.03 bits per heavy atom. The number of hydrogen-bond donors (Lipinski definition) is 1. The van der Waals surface area contributed by atoms with Gasteiger partial charge in [0.1, 0.15) is 30.2 Å². The molecule has 2 fully saturated rings. The maximum atomic E-state index is 12.9. The molecule has 0 unspecified atom stereocenters.